The fourth-order valence-corrected chi connectivity index (χ4v) is 2.76. The lowest BCUT2D eigenvalue weighted by Crippen LogP contribution is -2.20. The van der Waals surface area contributed by atoms with Crippen molar-refractivity contribution in [1.82, 2.24) is 9.97 Å². The molecule has 1 aliphatic rings. The van der Waals surface area contributed by atoms with E-state index in [1.54, 1.807) is 6.07 Å². The first-order chi connectivity index (χ1) is 9.83. The Balaban J connectivity index is 1.90. The second kappa shape index (κ2) is 4.20. The summed E-state index contributed by atoms with van der Waals surface area (Å²) in [5, 5.41) is 0.628. The zero-order valence-electron chi connectivity index (χ0n) is 10.8. The fraction of sp³-hybridized carbons (Fsp3) is 0.125. The van der Waals surface area contributed by atoms with Crippen molar-refractivity contribution in [1.29, 1.82) is 0 Å². The quantitative estimate of drug-likeness (QED) is 0.734. The van der Waals surface area contributed by atoms with Crippen LogP contribution in [0.3, 0.4) is 0 Å². The minimum atomic E-state index is -0.0880. The maximum Gasteiger partial charge on any atom is 0.260 e. The highest BCUT2D eigenvalue weighted by Gasteiger charge is 2.21. The van der Waals surface area contributed by atoms with Gasteiger partial charge in [0.15, 0.2) is 0 Å². The molecule has 0 amide bonds. The summed E-state index contributed by atoms with van der Waals surface area (Å²) in [7, 11) is 0. The summed E-state index contributed by atoms with van der Waals surface area (Å²) in [6, 6.07) is 15.7. The van der Waals surface area contributed by atoms with Gasteiger partial charge in [0.2, 0.25) is 5.95 Å². The van der Waals surface area contributed by atoms with Gasteiger partial charge in [0.25, 0.3) is 5.56 Å². The summed E-state index contributed by atoms with van der Waals surface area (Å²) in [6.07, 6.45) is 0.979. The minimum absolute atomic E-state index is 0.0880. The smallest absolute Gasteiger partial charge is 0.260 e. The van der Waals surface area contributed by atoms with Crippen molar-refractivity contribution < 1.29 is 0 Å². The molecule has 3 aromatic rings. The Kier molecular flexibility index (Phi) is 2.36. The van der Waals surface area contributed by atoms with Crippen LogP contribution in [0.5, 0.6) is 0 Å². The van der Waals surface area contributed by atoms with E-state index in [1.165, 1.54) is 5.56 Å². The van der Waals surface area contributed by atoms with Gasteiger partial charge in [-0.25, -0.2) is 4.98 Å². The molecule has 4 heteroatoms. The Morgan fingerprint density at radius 3 is 2.80 bits per heavy atom. The second-order valence-electron chi connectivity index (χ2n) is 4.94. The number of hydrogen-bond acceptors (Lipinski definition) is 3. The van der Waals surface area contributed by atoms with Crippen LogP contribution in [0.2, 0.25) is 0 Å². The number of nitrogens with zero attached hydrogens (tertiary/aromatic N) is 2. The molecular weight excluding hydrogens is 250 g/mol. The molecule has 0 bridgehead atoms. The summed E-state index contributed by atoms with van der Waals surface area (Å²) < 4.78 is 0. The standard InChI is InChI=1S/C16H13N3O/c20-15-12-6-2-3-7-13(12)17-16(18-15)19-10-9-11-5-1-4-8-14(11)19/h1-8H,9-10H2,(H,17,18,20). The van der Waals surface area contributed by atoms with Crippen LogP contribution < -0.4 is 10.5 Å². The number of benzene rings is 2. The molecule has 0 atom stereocenters. The number of nitrogens with one attached hydrogen (secondary N) is 1. The summed E-state index contributed by atoms with van der Waals surface area (Å²) >= 11 is 0. The third kappa shape index (κ3) is 1.61. The van der Waals surface area contributed by atoms with E-state index in [4.69, 9.17) is 0 Å². The molecule has 0 radical (unpaired) electrons. The molecule has 0 unspecified atom stereocenters. The molecule has 0 aliphatic carbocycles. The van der Waals surface area contributed by atoms with Gasteiger partial charge >= 0.3 is 0 Å². The highest BCUT2D eigenvalue weighted by atomic mass is 16.1. The number of para-hydroxylation sites is 2. The highest BCUT2D eigenvalue weighted by molar-refractivity contribution is 5.79. The molecular formula is C16H13N3O. The van der Waals surface area contributed by atoms with Crippen molar-refractivity contribution >= 4 is 22.5 Å². The molecule has 0 spiro atoms. The molecule has 20 heavy (non-hydrogen) atoms. The summed E-state index contributed by atoms with van der Waals surface area (Å²) in [5.41, 5.74) is 3.07. The Morgan fingerprint density at radius 1 is 1.05 bits per heavy atom. The van der Waals surface area contributed by atoms with Crippen LogP contribution in [0.25, 0.3) is 10.9 Å². The second-order valence-corrected chi connectivity index (χ2v) is 4.94. The molecule has 1 aromatic heterocycles. The van der Waals surface area contributed by atoms with Crippen LogP contribution in [-0.2, 0) is 6.42 Å². The summed E-state index contributed by atoms with van der Waals surface area (Å²) in [5.74, 6) is 0.624. The Morgan fingerprint density at radius 2 is 1.85 bits per heavy atom. The Labute approximate surface area is 115 Å². The predicted octanol–water partition coefficient (Wildman–Crippen LogP) is 2.62. The predicted molar refractivity (Wildman–Crippen MR) is 79.5 cm³/mol. The minimum Gasteiger partial charge on any atom is -0.311 e. The molecule has 0 saturated carbocycles. The van der Waals surface area contributed by atoms with E-state index in [9.17, 15) is 4.79 Å². The molecule has 4 rings (SSSR count). The molecule has 1 N–H and O–H groups in total. The van der Waals surface area contributed by atoms with E-state index < -0.39 is 0 Å². The van der Waals surface area contributed by atoms with Crippen molar-refractivity contribution in [3.05, 3.63) is 64.4 Å². The van der Waals surface area contributed by atoms with Crippen molar-refractivity contribution in [2.75, 3.05) is 11.4 Å². The van der Waals surface area contributed by atoms with Crippen LogP contribution in [0, 0.1) is 0 Å². The van der Waals surface area contributed by atoms with Crippen molar-refractivity contribution in [3.63, 3.8) is 0 Å². The highest BCUT2D eigenvalue weighted by Crippen LogP contribution is 2.32. The molecule has 2 heterocycles. The number of anilines is 2. The number of aromatic nitrogens is 2. The maximum atomic E-state index is 12.1. The third-order valence-electron chi connectivity index (χ3n) is 3.74. The van der Waals surface area contributed by atoms with Gasteiger partial charge in [-0.15, -0.1) is 0 Å². The number of hydrogen-bond donors (Lipinski definition) is 1. The van der Waals surface area contributed by atoms with Crippen LogP contribution in [0.4, 0.5) is 11.6 Å². The average Bonchev–Trinajstić information content (AvgIpc) is 2.91. The lowest BCUT2D eigenvalue weighted by atomic mass is 10.2. The first-order valence-corrected chi connectivity index (χ1v) is 6.67. The lowest BCUT2D eigenvalue weighted by molar-refractivity contribution is 0.942. The molecule has 4 nitrogen and oxygen atoms in total. The number of aromatic amines is 1. The van der Waals surface area contributed by atoms with Crippen molar-refractivity contribution in [2.24, 2.45) is 0 Å². The van der Waals surface area contributed by atoms with E-state index in [0.717, 1.165) is 24.2 Å². The van der Waals surface area contributed by atoms with E-state index in [0.29, 0.717) is 11.3 Å². The van der Waals surface area contributed by atoms with Gasteiger partial charge in [0.1, 0.15) is 0 Å². The van der Waals surface area contributed by atoms with Crippen LogP contribution in [0.1, 0.15) is 5.56 Å². The van der Waals surface area contributed by atoms with E-state index in [1.807, 2.05) is 30.3 Å². The average molecular weight is 263 g/mol. The fourth-order valence-electron chi connectivity index (χ4n) is 2.76. The first kappa shape index (κ1) is 11.2. The van der Waals surface area contributed by atoms with Gasteiger partial charge in [-0.3, -0.25) is 9.78 Å². The summed E-state index contributed by atoms with van der Waals surface area (Å²) in [6.45, 7) is 0.848. The molecule has 0 saturated heterocycles. The van der Waals surface area contributed by atoms with Gasteiger partial charge in [0.05, 0.1) is 10.9 Å². The van der Waals surface area contributed by atoms with E-state index >= 15 is 0 Å². The molecule has 0 fully saturated rings. The SMILES string of the molecule is O=c1[nH]c(N2CCc3ccccc32)nc2ccccc12. The zero-order valence-corrected chi connectivity index (χ0v) is 10.8. The Bertz CT molecular complexity index is 853. The maximum absolute atomic E-state index is 12.1. The molecule has 1 aliphatic heterocycles. The van der Waals surface area contributed by atoms with Crippen molar-refractivity contribution in [2.45, 2.75) is 6.42 Å². The van der Waals surface area contributed by atoms with Gasteiger partial charge in [-0.1, -0.05) is 30.3 Å². The zero-order chi connectivity index (χ0) is 13.5. The van der Waals surface area contributed by atoms with Gasteiger partial charge < -0.3 is 4.90 Å². The monoisotopic (exact) mass is 263 g/mol. The largest absolute Gasteiger partial charge is 0.311 e. The normalized spacial score (nSPS) is 13.7. The number of fused-ring (bicyclic) bond motifs is 2. The summed E-state index contributed by atoms with van der Waals surface area (Å²) in [4.78, 5) is 21.7. The van der Waals surface area contributed by atoms with Gasteiger partial charge in [0, 0.05) is 12.2 Å². The lowest BCUT2D eigenvalue weighted by Gasteiger charge is -2.17. The molecule has 98 valence electrons. The van der Waals surface area contributed by atoms with Crippen LogP contribution >= 0.6 is 0 Å². The Hall–Kier alpha value is -2.62. The van der Waals surface area contributed by atoms with Crippen LogP contribution in [-0.4, -0.2) is 16.5 Å². The third-order valence-corrected chi connectivity index (χ3v) is 3.74. The van der Waals surface area contributed by atoms with Gasteiger partial charge in [-0.2, -0.15) is 0 Å². The van der Waals surface area contributed by atoms with Gasteiger partial charge in [-0.05, 0) is 30.2 Å². The first-order valence-electron chi connectivity index (χ1n) is 6.67. The number of rotatable bonds is 1. The molecule has 2 aromatic carbocycles. The number of H-pyrrole nitrogens is 1. The van der Waals surface area contributed by atoms with E-state index in [-0.39, 0.29) is 5.56 Å². The van der Waals surface area contributed by atoms with E-state index in [2.05, 4.69) is 27.0 Å². The van der Waals surface area contributed by atoms with Crippen molar-refractivity contribution in [3.8, 4) is 0 Å². The van der Waals surface area contributed by atoms with Crippen LogP contribution in [0.15, 0.2) is 53.3 Å². The topological polar surface area (TPSA) is 49.0 Å².